The highest BCUT2D eigenvalue weighted by Crippen LogP contribution is 1.99. The Morgan fingerprint density at radius 1 is 1.78 bits per heavy atom. The Labute approximate surface area is 54.5 Å². The first-order valence-electron chi connectivity index (χ1n) is 3.02. The van der Waals surface area contributed by atoms with Gasteiger partial charge in [0.05, 0.1) is 6.33 Å². The van der Waals surface area contributed by atoms with E-state index >= 15 is 0 Å². The molecule has 1 aromatic rings. The lowest BCUT2D eigenvalue weighted by atomic mass is 10.3. The summed E-state index contributed by atoms with van der Waals surface area (Å²) in [7, 11) is 0. The molecule has 1 aromatic heterocycles. The molecule has 1 rings (SSSR count). The Morgan fingerprint density at radius 3 is 3.00 bits per heavy atom. The zero-order valence-electron chi connectivity index (χ0n) is 5.49. The van der Waals surface area contributed by atoms with E-state index in [0.29, 0.717) is 12.6 Å². The third-order valence-electron chi connectivity index (χ3n) is 1.37. The third kappa shape index (κ3) is 1.29. The Morgan fingerprint density at radius 2 is 2.56 bits per heavy atom. The lowest BCUT2D eigenvalue weighted by Crippen LogP contribution is -2.14. The molecule has 0 aliphatic carbocycles. The lowest BCUT2D eigenvalue weighted by Gasteiger charge is -2.07. The highest BCUT2D eigenvalue weighted by molar-refractivity contribution is 4.78. The van der Waals surface area contributed by atoms with Crippen molar-refractivity contribution in [1.82, 2.24) is 9.55 Å². The van der Waals surface area contributed by atoms with E-state index in [4.69, 9.17) is 5.73 Å². The average Bonchev–Trinajstić information content (AvgIpc) is 2.37. The molecule has 0 aromatic carbocycles. The van der Waals surface area contributed by atoms with Crippen LogP contribution in [0.15, 0.2) is 18.7 Å². The second-order valence-corrected chi connectivity index (χ2v) is 2.09. The van der Waals surface area contributed by atoms with Gasteiger partial charge >= 0.3 is 0 Å². The molecule has 1 heterocycles. The zero-order chi connectivity index (χ0) is 6.69. The first-order chi connectivity index (χ1) is 4.34. The summed E-state index contributed by atoms with van der Waals surface area (Å²) in [5.74, 6) is 0. The van der Waals surface area contributed by atoms with Crippen LogP contribution in [0, 0.1) is 0 Å². The van der Waals surface area contributed by atoms with Crippen LogP contribution in [0.5, 0.6) is 0 Å². The van der Waals surface area contributed by atoms with Crippen molar-refractivity contribution >= 4 is 0 Å². The molecular formula is C6H11N3. The standard InChI is InChI=1S/C6H11N3/c1-6(4-7)9-3-2-8-5-9/h2-3,5-6H,4,7H2,1H3. The maximum atomic E-state index is 5.41. The van der Waals surface area contributed by atoms with Crippen molar-refractivity contribution in [2.75, 3.05) is 6.54 Å². The van der Waals surface area contributed by atoms with Gasteiger partial charge in [-0.25, -0.2) is 4.98 Å². The van der Waals surface area contributed by atoms with Crippen LogP contribution in [-0.4, -0.2) is 16.1 Å². The number of rotatable bonds is 2. The minimum absolute atomic E-state index is 0.368. The smallest absolute Gasteiger partial charge is 0.0948 e. The number of aromatic nitrogens is 2. The second-order valence-electron chi connectivity index (χ2n) is 2.09. The fourth-order valence-electron chi connectivity index (χ4n) is 0.652. The molecule has 0 aliphatic rings. The summed E-state index contributed by atoms with van der Waals surface area (Å²) >= 11 is 0. The fraction of sp³-hybridized carbons (Fsp3) is 0.500. The summed E-state index contributed by atoms with van der Waals surface area (Å²) in [6, 6.07) is 0.368. The molecule has 0 spiro atoms. The molecule has 3 heteroatoms. The molecule has 0 fully saturated rings. The van der Waals surface area contributed by atoms with Gasteiger partial charge in [0.2, 0.25) is 0 Å². The van der Waals surface area contributed by atoms with Crippen LogP contribution in [0.2, 0.25) is 0 Å². The summed E-state index contributed by atoms with van der Waals surface area (Å²) in [5.41, 5.74) is 5.41. The second kappa shape index (κ2) is 2.64. The molecule has 1 atom stereocenters. The largest absolute Gasteiger partial charge is 0.333 e. The molecule has 0 aliphatic heterocycles. The van der Waals surface area contributed by atoms with E-state index in [-0.39, 0.29) is 0 Å². The Hall–Kier alpha value is -0.830. The molecule has 0 saturated carbocycles. The van der Waals surface area contributed by atoms with Crippen molar-refractivity contribution in [1.29, 1.82) is 0 Å². The van der Waals surface area contributed by atoms with Crippen LogP contribution < -0.4 is 5.73 Å². The lowest BCUT2D eigenvalue weighted by molar-refractivity contribution is 0.558. The Bertz CT molecular complexity index is 157. The van der Waals surface area contributed by atoms with Crippen molar-refractivity contribution < 1.29 is 0 Å². The van der Waals surface area contributed by atoms with E-state index in [9.17, 15) is 0 Å². The van der Waals surface area contributed by atoms with Gasteiger partial charge in [-0.1, -0.05) is 0 Å². The summed E-state index contributed by atoms with van der Waals surface area (Å²) in [5, 5.41) is 0. The fourth-order valence-corrected chi connectivity index (χ4v) is 0.652. The average molecular weight is 125 g/mol. The minimum Gasteiger partial charge on any atom is -0.333 e. The first kappa shape index (κ1) is 6.29. The number of imidazole rings is 1. The van der Waals surface area contributed by atoms with E-state index in [2.05, 4.69) is 11.9 Å². The number of nitrogens with zero attached hydrogens (tertiary/aromatic N) is 2. The molecule has 2 N–H and O–H groups in total. The predicted molar refractivity (Wildman–Crippen MR) is 36.0 cm³/mol. The molecular weight excluding hydrogens is 114 g/mol. The van der Waals surface area contributed by atoms with Crippen molar-refractivity contribution in [3.05, 3.63) is 18.7 Å². The van der Waals surface area contributed by atoms with Gasteiger partial charge in [-0.05, 0) is 6.92 Å². The van der Waals surface area contributed by atoms with Crippen LogP contribution in [0.25, 0.3) is 0 Å². The zero-order valence-corrected chi connectivity index (χ0v) is 5.49. The van der Waals surface area contributed by atoms with Gasteiger partial charge in [0.1, 0.15) is 0 Å². The van der Waals surface area contributed by atoms with Crippen LogP contribution in [-0.2, 0) is 0 Å². The third-order valence-corrected chi connectivity index (χ3v) is 1.37. The Balaban J connectivity index is 2.65. The highest BCUT2D eigenvalue weighted by atomic mass is 15.1. The summed E-state index contributed by atoms with van der Waals surface area (Å²) < 4.78 is 1.99. The van der Waals surface area contributed by atoms with E-state index in [0.717, 1.165) is 0 Å². The normalized spacial score (nSPS) is 13.6. The van der Waals surface area contributed by atoms with E-state index in [1.54, 1.807) is 12.5 Å². The summed E-state index contributed by atoms with van der Waals surface area (Å²) in [6.45, 7) is 2.72. The van der Waals surface area contributed by atoms with E-state index in [1.165, 1.54) is 0 Å². The molecule has 0 amide bonds. The van der Waals surface area contributed by atoms with Crippen molar-refractivity contribution in [2.24, 2.45) is 5.73 Å². The van der Waals surface area contributed by atoms with Gasteiger partial charge in [-0.2, -0.15) is 0 Å². The molecule has 0 radical (unpaired) electrons. The van der Waals surface area contributed by atoms with Crippen molar-refractivity contribution in [2.45, 2.75) is 13.0 Å². The van der Waals surface area contributed by atoms with Gasteiger partial charge < -0.3 is 10.3 Å². The van der Waals surface area contributed by atoms with Crippen LogP contribution in [0.4, 0.5) is 0 Å². The van der Waals surface area contributed by atoms with Crippen LogP contribution in [0.3, 0.4) is 0 Å². The first-order valence-corrected chi connectivity index (χ1v) is 3.02. The van der Waals surface area contributed by atoms with Gasteiger partial charge in [-0.15, -0.1) is 0 Å². The maximum absolute atomic E-state index is 5.41. The number of hydrogen-bond acceptors (Lipinski definition) is 2. The van der Waals surface area contributed by atoms with Crippen LogP contribution >= 0.6 is 0 Å². The molecule has 3 nitrogen and oxygen atoms in total. The highest BCUT2D eigenvalue weighted by Gasteiger charge is 1.97. The molecule has 0 bridgehead atoms. The maximum Gasteiger partial charge on any atom is 0.0948 e. The predicted octanol–water partition coefficient (Wildman–Crippen LogP) is 0.403. The van der Waals surface area contributed by atoms with Crippen molar-refractivity contribution in [3.8, 4) is 0 Å². The summed E-state index contributed by atoms with van der Waals surface area (Å²) in [6.07, 6.45) is 5.45. The van der Waals surface area contributed by atoms with E-state index in [1.807, 2.05) is 10.8 Å². The quantitative estimate of drug-likeness (QED) is 0.622. The monoisotopic (exact) mass is 125 g/mol. The molecule has 9 heavy (non-hydrogen) atoms. The molecule has 50 valence electrons. The molecule has 1 unspecified atom stereocenters. The summed E-state index contributed by atoms with van der Waals surface area (Å²) in [4.78, 5) is 3.90. The van der Waals surface area contributed by atoms with Gasteiger partial charge in [-0.3, -0.25) is 0 Å². The SMILES string of the molecule is CC(CN)n1ccnc1. The van der Waals surface area contributed by atoms with Crippen molar-refractivity contribution in [3.63, 3.8) is 0 Å². The molecule has 0 saturated heterocycles. The Kier molecular flexibility index (Phi) is 1.85. The number of hydrogen-bond donors (Lipinski definition) is 1. The van der Waals surface area contributed by atoms with Crippen LogP contribution in [0.1, 0.15) is 13.0 Å². The minimum atomic E-state index is 0.368. The van der Waals surface area contributed by atoms with E-state index < -0.39 is 0 Å². The van der Waals surface area contributed by atoms with Gasteiger partial charge in [0.25, 0.3) is 0 Å². The number of nitrogens with two attached hydrogens (primary N) is 1. The topological polar surface area (TPSA) is 43.8 Å². The van der Waals surface area contributed by atoms with Gasteiger partial charge in [0, 0.05) is 25.0 Å². The van der Waals surface area contributed by atoms with Gasteiger partial charge in [0.15, 0.2) is 0 Å².